The van der Waals surface area contributed by atoms with Crippen LogP contribution in [0.3, 0.4) is 0 Å². The van der Waals surface area contributed by atoms with Gasteiger partial charge in [-0.15, -0.1) is 0 Å². The summed E-state index contributed by atoms with van der Waals surface area (Å²) in [6, 6.07) is 13.7. The lowest BCUT2D eigenvalue weighted by Gasteiger charge is -2.39. The van der Waals surface area contributed by atoms with Crippen molar-refractivity contribution in [3.63, 3.8) is 0 Å². The molecule has 4 nitrogen and oxygen atoms in total. The number of amides is 2. The van der Waals surface area contributed by atoms with Crippen LogP contribution in [0.15, 0.2) is 48.5 Å². The summed E-state index contributed by atoms with van der Waals surface area (Å²) < 4.78 is 13.3. The summed E-state index contributed by atoms with van der Waals surface area (Å²) >= 11 is 0. The van der Waals surface area contributed by atoms with Gasteiger partial charge in [0.2, 0.25) is 11.8 Å². The van der Waals surface area contributed by atoms with Gasteiger partial charge >= 0.3 is 0 Å². The van der Waals surface area contributed by atoms with Crippen LogP contribution in [0.4, 0.5) is 10.1 Å². The first-order chi connectivity index (χ1) is 11.9. The Labute approximate surface area is 146 Å². The Morgan fingerprint density at radius 3 is 2.60 bits per heavy atom. The molecule has 1 fully saturated rings. The number of nitrogens with zero attached hydrogens (tertiary/aromatic N) is 2. The largest absolute Gasteiger partial charge is 0.329 e. The van der Waals surface area contributed by atoms with E-state index in [1.807, 2.05) is 38.1 Å². The van der Waals surface area contributed by atoms with Crippen molar-refractivity contribution in [3.05, 3.63) is 65.5 Å². The highest BCUT2D eigenvalue weighted by atomic mass is 19.1. The lowest BCUT2D eigenvalue weighted by Crippen LogP contribution is -2.57. The van der Waals surface area contributed by atoms with Crippen molar-refractivity contribution in [1.29, 1.82) is 0 Å². The second-order valence-corrected chi connectivity index (χ2v) is 6.52. The van der Waals surface area contributed by atoms with Gasteiger partial charge in [-0.2, -0.15) is 0 Å². The Bertz CT molecular complexity index is 789. The predicted octanol–water partition coefficient (Wildman–Crippen LogP) is 2.94. The number of benzene rings is 2. The van der Waals surface area contributed by atoms with Crippen LogP contribution in [0, 0.1) is 12.7 Å². The average molecular weight is 340 g/mol. The summed E-state index contributed by atoms with van der Waals surface area (Å²) in [5.41, 5.74) is 2.60. The zero-order chi connectivity index (χ0) is 18.0. The maximum Gasteiger partial charge on any atom is 0.246 e. The lowest BCUT2D eigenvalue weighted by atomic mass is 10.1. The number of halogens is 1. The first-order valence-corrected chi connectivity index (χ1v) is 8.35. The summed E-state index contributed by atoms with van der Waals surface area (Å²) in [5, 5.41) is 0. The van der Waals surface area contributed by atoms with Gasteiger partial charge in [-0.3, -0.25) is 9.59 Å². The van der Waals surface area contributed by atoms with Gasteiger partial charge in [-0.1, -0.05) is 29.8 Å². The van der Waals surface area contributed by atoms with Crippen LogP contribution in [-0.2, 0) is 16.0 Å². The molecule has 1 heterocycles. The molecule has 1 aliphatic rings. The molecule has 2 aromatic carbocycles. The van der Waals surface area contributed by atoms with Gasteiger partial charge in [-0.05, 0) is 43.7 Å². The maximum atomic E-state index is 13.3. The highest BCUT2D eigenvalue weighted by molar-refractivity contribution is 5.98. The molecular formula is C20H21FN2O2. The van der Waals surface area contributed by atoms with Crippen molar-refractivity contribution >= 4 is 17.5 Å². The molecule has 25 heavy (non-hydrogen) atoms. The number of anilines is 1. The van der Waals surface area contributed by atoms with Crippen molar-refractivity contribution in [1.82, 2.24) is 4.90 Å². The highest BCUT2D eigenvalue weighted by Crippen LogP contribution is 2.21. The van der Waals surface area contributed by atoms with Crippen molar-refractivity contribution in [3.8, 4) is 0 Å². The lowest BCUT2D eigenvalue weighted by molar-refractivity contribution is -0.138. The summed E-state index contributed by atoms with van der Waals surface area (Å²) in [5.74, 6) is -0.622. The first-order valence-electron chi connectivity index (χ1n) is 8.35. The number of carbonyl (C=O) groups excluding carboxylic acids is 2. The van der Waals surface area contributed by atoms with Crippen LogP contribution in [0.2, 0.25) is 0 Å². The molecule has 0 bridgehead atoms. The molecule has 2 amide bonds. The van der Waals surface area contributed by atoms with E-state index in [2.05, 4.69) is 0 Å². The smallest absolute Gasteiger partial charge is 0.246 e. The molecule has 0 aliphatic carbocycles. The fourth-order valence-corrected chi connectivity index (χ4v) is 3.08. The molecule has 0 spiro atoms. The van der Waals surface area contributed by atoms with Gasteiger partial charge in [-0.25, -0.2) is 4.39 Å². The molecule has 0 aromatic heterocycles. The van der Waals surface area contributed by atoms with E-state index >= 15 is 0 Å². The van der Waals surface area contributed by atoms with Crippen LogP contribution in [0.25, 0.3) is 0 Å². The molecule has 0 radical (unpaired) electrons. The van der Waals surface area contributed by atoms with E-state index < -0.39 is 0 Å². The topological polar surface area (TPSA) is 40.6 Å². The Morgan fingerprint density at radius 1 is 1.20 bits per heavy atom. The molecule has 2 aromatic rings. The summed E-state index contributed by atoms with van der Waals surface area (Å²) in [4.78, 5) is 28.4. The van der Waals surface area contributed by atoms with Crippen molar-refractivity contribution < 1.29 is 14.0 Å². The van der Waals surface area contributed by atoms with Crippen molar-refractivity contribution in [2.24, 2.45) is 0 Å². The zero-order valence-electron chi connectivity index (χ0n) is 14.4. The van der Waals surface area contributed by atoms with Crippen LogP contribution >= 0.6 is 0 Å². The van der Waals surface area contributed by atoms with Crippen molar-refractivity contribution in [2.75, 3.05) is 18.0 Å². The van der Waals surface area contributed by atoms with E-state index in [0.717, 1.165) is 11.3 Å². The molecule has 0 saturated carbocycles. The molecular weight excluding hydrogens is 319 g/mol. The van der Waals surface area contributed by atoms with Gasteiger partial charge in [0.1, 0.15) is 12.4 Å². The van der Waals surface area contributed by atoms with E-state index in [4.69, 9.17) is 0 Å². The maximum absolute atomic E-state index is 13.3. The quantitative estimate of drug-likeness (QED) is 0.862. The molecule has 3 rings (SSSR count). The van der Waals surface area contributed by atoms with E-state index in [1.54, 1.807) is 21.9 Å². The predicted molar refractivity (Wildman–Crippen MR) is 94.8 cm³/mol. The Balaban J connectivity index is 1.70. The molecule has 1 atom stereocenters. The van der Waals surface area contributed by atoms with E-state index in [0.29, 0.717) is 12.1 Å². The number of carbonyl (C=O) groups is 2. The van der Waals surface area contributed by atoms with Gasteiger partial charge in [0.25, 0.3) is 0 Å². The van der Waals surface area contributed by atoms with Crippen molar-refractivity contribution in [2.45, 2.75) is 26.3 Å². The number of hydrogen-bond donors (Lipinski definition) is 0. The number of piperazine rings is 1. The van der Waals surface area contributed by atoms with E-state index in [1.165, 1.54) is 12.1 Å². The normalized spacial score (nSPS) is 17.7. The third-order valence-electron chi connectivity index (χ3n) is 4.50. The second kappa shape index (κ2) is 7.05. The zero-order valence-corrected chi connectivity index (χ0v) is 14.4. The van der Waals surface area contributed by atoms with Crippen LogP contribution < -0.4 is 4.90 Å². The second-order valence-electron chi connectivity index (χ2n) is 6.52. The standard InChI is InChI=1S/C20H21FN2O2/c1-14-6-8-18(9-7-14)23-12-15(2)22(13-20(23)25)19(24)11-16-4-3-5-17(21)10-16/h3-10,15H,11-13H2,1-2H3/t15-/m1/s1. The minimum Gasteiger partial charge on any atom is -0.329 e. The summed E-state index contributed by atoms with van der Waals surface area (Å²) in [6.07, 6.45) is 0.0971. The van der Waals surface area contributed by atoms with Crippen LogP contribution in [0.1, 0.15) is 18.1 Å². The van der Waals surface area contributed by atoms with Crippen LogP contribution in [0.5, 0.6) is 0 Å². The number of hydrogen-bond acceptors (Lipinski definition) is 2. The minimum atomic E-state index is -0.362. The summed E-state index contributed by atoms with van der Waals surface area (Å²) in [6.45, 7) is 4.42. The van der Waals surface area contributed by atoms with Gasteiger partial charge < -0.3 is 9.80 Å². The van der Waals surface area contributed by atoms with Gasteiger partial charge in [0, 0.05) is 18.3 Å². The molecule has 1 saturated heterocycles. The minimum absolute atomic E-state index is 0.0448. The van der Waals surface area contributed by atoms with Gasteiger partial charge in [0.05, 0.1) is 6.42 Å². The van der Waals surface area contributed by atoms with E-state index in [9.17, 15) is 14.0 Å². The highest BCUT2D eigenvalue weighted by Gasteiger charge is 2.33. The fourth-order valence-electron chi connectivity index (χ4n) is 3.08. The third kappa shape index (κ3) is 3.87. The molecule has 1 aliphatic heterocycles. The Morgan fingerprint density at radius 2 is 1.92 bits per heavy atom. The number of aryl methyl sites for hydroxylation is 1. The van der Waals surface area contributed by atoms with E-state index in [-0.39, 0.29) is 36.6 Å². The first kappa shape index (κ1) is 17.1. The molecule has 5 heteroatoms. The average Bonchev–Trinajstić information content (AvgIpc) is 2.57. The van der Waals surface area contributed by atoms with Crippen LogP contribution in [-0.4, -0.2) is 35.8 Å². The van der Waals surface area contributed by atoms with Gasteiger partial charge in [0.15, 0.2) is 0 Å². The third-order valence-corrected chi connectivity index (χ3v) is 4.50. The Kier molecular flexibility index (Phi) is 4.83. The monoisotopic (exact) mass is 340 g/mol. The summed E-state index contributed by atoms with van der Waals surface area (Å²) in [7, 11) is 0. The molecule has 130 valence electrons. The SMILES string of the molecule is Cc1ccc(N2C[C@@H](C)N(C(=O)Cc3cccc(F)c3)CC2=O)cc1. The number of rotatable bonds is 3. The fraction of sp³-hybridized carbons (Fsp3) is 0.300. The Hall–Kier alpha value is -2.69. The molecule has 0 N–H and O–H groups in total. The molecule has 0 unspecified atom stereocenters.